The van der Waals surface area contributed by atoms with E-state index in [1.165, 1.54) is 19.3 Å². The van der Waals surface area contributed by atoms with Crippen LogP contribution in [-0.2, 0) is 19.4 Å². The lowest BCUT2D eigenvalue weighted by Gasteiger charge is -2.28. The van der Waals surface area contributed by atoms with Crippen LogP contribution in [0.25, 0.3) is 0 Å². The van der Waals surface area contributed by atoms with Crippen LogP contribution in [0.15, 0.2) is 0 Å². The lowest BCUT2D eigenvalue weighted by atomic mass is 9.83. The number of carbonyl (C=O) groups is 1. The Bertz CT molecular complexity index is 369. The summed E-state index contributed by atoms with van der Waals surface area (Å²) in [6.07, 6.45) is 6.09. The average Bonchev–Trinajstić information content (AvgIpc) is 2.40. The van der Waals surface area contributed by atoms with Crippen LogP contribution in [0.2, 0.25) is 0 Å². The highest BCUT2D eigenvalue weighted by molar-refractivity contribution is 7.91. The average molecular weight is 290 g/mol. The molecular formula is C14H26O4S. The number of rotatable bonds is 8. The predicted octanol–water partition coefficient (Wildman–Crippen LogP) is 2.37. The van der Waals surface area contributed by atoms with Gasteiger partial charge in [-0.25, -0.2) is 8.42 Å². The third-order valence-corrected chi connectivity index (χ3v) is 5.76. The van der Waals surface area contributed by atoms with Crippen molar-refractivity contribution in [3.05, 3.63) is 0 Å². The quantitative estimate of drug-likeness (QED) is 0.688. The SMILES string of the molecule is CCS(=O)(=O)CCCC(=O)C(OC)C1CCCCC1. The second-order valence-electron chi connectivity index (χ2n) is 5.36. The molecule has 1 saturated carbocycles. The zero-order valence-electron chi connectivity index (χ0n) is 12.1. The molecule has 1 unspecified atom stereocenters. The minimum atomic E-state index is -2.97. The van der Waals surface area contributed by atoms with E-state index < -0.39 is 9.84 Å². The van der Waals surface area contributed by atoms with E-state index in [0.717, 1.165) is 12.8 Å². The highest BCUT2D eigenvalue weighted by Gasteiger charge is 2.28. The molecule has 0 bridgehead atoms. The molecule has 19 heavy (non-hydrogen) atoms. The third-order valence-electron chi connectivity index (χ3n) is 3.97. The molecule has 0 aromatic heterocycles. The highest BCUT2D eigenvalue weighted by atomic mass is 32.2. The van der Waals surface area contributed by atoms with E-state index in [-0.39, 0.29) is 23.4 Å². The topological polar surface area (TPSA) is 60.4 Å². The van der Waals surface area contributed by atoms with Crippen molar-refractivity contribution in [2.75, 3.05) is 18.6 Å². The first-order valence-corrected chi connectivity index (χ1v) is 9.08. The summed E-state index contributed by atoms with van der Waals surface area (Å²) in [6, 6.07) is 0. The van der Waals surface area contributed by atoms with Gasteiger partial charge < -0.3 is 4.74 Å². The maximum atomic E-state index is 12.1. The lowest BCUT2D eigenvalue weighted by Crippen LogP contribution is -2.33. The van der Waals surface area contributed by atoms with Gasteiger partial charge in [-0.05, 0) is 25.2 Å². The molecular weight excluding hydrogens is 264 g/mol. The van der Waals surface area contributed by atoms with Gasteiger partial charge in [0.05, 0.1) is 5.75 Å². The summed E-state index contributed by atoms with van der Waals surface area (Å²) in [5, 5.41) is 0. The van der Waals surface area contributed by atoms with Gasteiger partial charge in [0.25, 0.3) is 0 Å². The second kappa shape index (κ2) is 8.00. The molecule has 4 nitrogen and oxygen atoms in total. The first kappa shape index (κ1) is 16.6. The van der Waals surface area contributed by atoms with Crippen LogP contribution in [0.3, 0.4) is 0 Å². The number of methoxy groups -OCH3 is 1. The minimum absolute atomic E-state index is 0.0701. The van der Waals surface area contributed by atoms with Crippen LogP contribution in [0.1, 0.15) is 51.9 Å². The van der Waals surface area contributed by atoms with E-state index in [2.05, 4.69) is 0 Å². The molecule has 1 aliphatic carbocycles. The zero-order chi connectivity index (χ0) is 14.3. The van der Waals surface area contributed by atoms with Gasteiger partial charge in [-0.3, -0.25) is 4.79 Å². The number of hydrogen-bond acceptors (Lipinski definition) is 4. The van der Waals surface area contributed by atoms with Gasteiger partial charge in [0.15, 0.2) is 5.78 Å². The molecule has 0 aromatic rings. The number of ketones is 1. The number of ether oxygens (including phenoxy) is 1. The Balaban J connectivity index is 2.41. The zero-order valence-corrected chi connectivity index (χ0v) is 12.9. The van der Waals surface area contributed by atoms with Crippen molar-refractivity contribution < 1.29 is 17.9 Å². The second-order valence-corrected chi connectivity index (χ2v) is 7.83. The van der Waals surface area contributed by atoms with Crippen LogP contribution in [0.4, 0.5) is 0 Å². The molecule has 0 aliphatic heterocycles. The van der Waals surface area contributed by atoms with Gasteiger partial charge >= 0.3 is 0 Å². The van der Waals surface area contributed by atoms with Gasteiger partial charge in [-0.1, -0.05) is 26.2 Å². The normalized spacial score (nSPS) is 19.3. The molecule has 1 atom stereocenters. The Kier molecular flexibility index (Phi) is 7.00. The Morgan fingerprint density at radius 2 is 1.89 bits per heavy atom. The molecule has 0 radical (unpaired) electrons. The Morgan fingerprint density at radius 3 is 2.42 bits per heavy atom. The highest BCUT2D eigenvalue weighted by Crippen LogP contribution is 2.28. The number of hydrogen-bond donors (Lipinski definition) is 0. The van der Waals surface area contributed by atoms with E-state index in [1.54, 1.807) is 14.0 Å². The molecule has 0 amide bonds. The van der Waals surface area contributed by atoms with Crippen LogP contribution >= 0.6 is 0 Å². The van der Waals surface area contributed by atoms with Crippen molar-refractivity contribution >= 4 is 15.6 Å². The summed E-state index contributed by atoms with van der Waals surface area (Å²) in [5.41, 5.74) is 0. The molecule has 1 fully saturated rings. The van der Waals surface area contributed by atoms with Crippen molar-refractivity contribution in [3.8, 4) is 0 Å². The van der Waals surface area contributed by atoms with Crippen LogP contribution in [-0.4, -0.2) is 38.9 Å². The first-order valence-electron chi connectivity index (χ1n) is 7.26. The maximum Gasteiger partial charge on any atom is 0.161 e. The number of carbonyl (C=O) groups excluding carboxylic acids is 1. The summed E-state index contributed by atoms with van der Waals surface area (Å²) >= 11 is 0. The fourth-order valence-electron chi connectivity index (χ4n) is 2.78. The van der Waals surface area contributed by atoms with Gasteiger partial charge in [0.1, 0.15) is 15.9 Å². The molecule has 0 N–H and O–H groups in total. The Hall–Kier alpha value is -0.420. The molecule has 1 rings (SSSR count). The Labute approximate surface area is 116 Å². The fraction of sp³-hybridized carbons (Fsp3) is 0.929. The monoisotopic (exact) mass is 290 g/mol. The fourth-order valence-corrected chi connectivity index (χ4v) is 3.65. The van der Waals surface area contributed by atoms with E-state index in [0.29, 0.717) is 18.8 Å². The molecule has 112 valence electrons. The summed E-state index contributed by atoms with van der Waals surface area (Å²) in [6.45, 7) is 1.64. The summed E-state index contributed by atoms with van der Waals surface area (Å²) in [7, 11) is -1.38. The van der Waals surface area contributed by atoms with E-state index >= 15 is 0 Å². The van der Waals surface area contributed by atoms with Crippen molar-refractivity contribution in [1.82, 2.24) is 0 Å². The molecule has 0 heterocycles. The molecule has 0 saturated heterocycles. The minimum Gasteiger partial charge on any atom is -0.373 e. The standard InChI is InChI=1S/C14H26O4S/c1-3-19(16,17)11-7-10-13(15)14(18-2)12-8-5-4-6-9-12/h12,14H,3-11H2,1-2H3. The largest absolute Gasteiger partial charge is 0.373 e. The molecule has 5 heteroatoms. The maximum absolute atomic E-state index is 12.1. The lowest BCUT2D eigenvalue weighted by molar-refractivity contribution is -0.132. The van der Waals surface area contributed by atoms with Crippen molar-refractivity contribution in [2.45, 2.75) is 58.0 Å². The van der Waals surface area contributed by atoms with Gasteiger partial charge in [0.2, 0.25) is 0 Å². The smallest absolute Gasteiger partial charge is 0.161 e. The Morgan fingerprint density at radius 1 is 1.26 bits per heavy atom. The van der Waals surface area contributed by atoms with Crippen LogP contribution in [0.5, 0.6) is 0 Å². The van der Waals surface area contributed by atoms with Gasteiger partial charge in [0, 0.05) is 19.3 Å². The molecule has 1 aliphatic rings. The van der Waals surface area contributed by atoms with Gasteiger partial charge in [-0.2, -0.15) is 0 Å². The predicted molar refractivity (Wildman–Crippen MR) is 75.9 cm³/mol. The van der Waals surface area contributed by atoms with Crippen LogP contribution < -0.4 is 0 Å². The summed E-state index contributed by atoms with van der Waals surface area (Å²) in [4.78, 5) is 12.1. The summed E-state index contributed by atoms with van der Waals surface area (Å²) in [5.74, 6) is 0.656. The van der Waals surface area contributed by atoms with Crippen molar-refractivity contribution in [2.24, 2.45) is 5.92 Å². The van der Waals surface area contributed by atoms with Gasteiger partial charge in [-0.15, -0.1) is 0 Å². The van der Waals surface area contributed by atoms with Crippen molar-refractivity contribution in [3.63, 3.8) is 0 Å². The number of sulfone groups is 1. The van der Waals surface area contributed by atoms with E-state index in [1.807, 2.05) is 0 Å². The van der Waals surface area contributed by atoms with E-state index in [9.17, 15) is 13.2 Å². The third kappa shape index (κ3) is 5.61. The van der Waals surface area contributed by atoms with Crippen molar-refractivity contribution in [1.29, 1.82) is 0 Å². The van der Waals surface area contributed by atoms with Crippen LogP contribution in [0, 0.1) is 5.92 Å². The first-order chi connectivity index (χ1) is 9.00. The summed E-state index contributed by atoms with van der Waals surface area (Å²) < 4.78 is 28.1. The molecule has 0 aromatic carbocycles. The number of Topliss-reactive ketones (excluding diaryl/α,β-unsaturated/α-hetero) is 1. The molecule has 0 spiro atoms. The van der Waals surface area contributed by atoms with E-state index in [4.69, 9.17) is 4.74 Å².